The van der Waals surface area contributed by atoms with Gasteiger partial charge in [0.1, 0.15) is 18.1 Å². The van der Waals surface area contributed by atoms with Gasteiger partial charge >= 0.3 is 0 Å². The number of fused-ring (bicyclic) bond motifs is 1. The first-order valence-electron chi connectivity index (χ1n) is 9.82. The van der Waals surface area contributed by atoms with Gasteiger partial charge in [0.15, 0.2) is 0 Å². The Morgan fingerprint density at radius 2 is 2.06 bits per heavy atom. The Morgan fingerprint density at radius 3 is 2.71 bits per heavy atom. The van der Waals surface area contributed by atoms with E-state index in [9.17, 15) is 13.6 Å². The van der Waals surface area contributed by atoms with Crippen LogP contribution in [0.4, 0.5) is 14.6 Å². The third-order valence-electron chi connectivity index (χ3n) is 4.73. The van der Waals surface area contributed by atoms with Gasteiger partial charge in [-0.25, -0.2) is 9.97 Å². The Labute approximate surface area is 176 Å². The average molecular weight is 432 g/mol. The van der Waals surface area contributed by atoms with Crippen molar-refractivity contribution in [1.82, 2.24) is 24.7 Å². The van der Waals surface area contributed by atoms with E-state index in [1.54, 1.807) is 12.3 Å². The third kappa shape index (κ3) is 4.61. The molecule has 0 aromatic carbocycles. The Kier molecular flexibility index (Phi) is 5.52. The highest BCUT2D eigenvalue weighted by atomic mass is 19.3. The molecule has 1 aliphatic carbocycles. The molecular formula is C20H22F2N6O3. The maximum atomic E-state index is 14.1. The van der Waals surface area contributed by atoms with Crippen LogP contribution < -0.4 is 10.1 Å². The van der Waals surface area contributed by atoms with Crippen LogP contribution in [-0.2, 0) is 15.5 Å². The van der Waals surface area contributed by atoms with E-state index in [0.717, 1.165) is 36.9 Å². The van der Waals surface area contributed by atoms with Crippen LogP contribution in [0.1, 0.15) is 44.0 Å². The lowest BCUT2D eigenvalue weighted by atomic mass is 10.2. The molecule has 31 heavy (non-hydrogen) atoms. The standard InChI is InChI=1S/C20H22F2N6O3/c1-11(29)24-16-8-14-13(10-23-16)18(12-4-5-12)27-28(14)19-25-15(20(2,21)22)9-17(26-19)31-7-6-30-3/h8-10,12H,4-7H2,1-3H3,(H,23,24,29). The van der Waals surface area contributed by atoms with Crippen molar-refractivity contribution in [3.05, 3.63) is 29.7 Å². The number of rotatable bonds is 8. The van der Waals surface area contributed by atoms with Gasteiger partial charge in [-0.1, -0.05) is 0 Å². The Morgan fingerprint density at radius 1 is 1.29 bits per heavy atom. The summed E-state index contributed by atoms with van der Waals surface area (Å²) in [6, 6.07) is 2.73. The van der Waals surface area contributed by atoms with Crippen LogP contribution in [0.25, 0.3) is 16.9 Å². The molecule has 0 bridgehead atoms. The van der Waals surface area contributed by atoms with E-state index >= 15 is 0 Å². The van der Waals surface area contributed by atoms with Crippen LogP contribution in [0.2, 0.25) is 0 Å². The highest BCUT2D eigenvalue weighted by molar-refractivity contribution is 5.91. The number of carbonyl (C=O) groups excluding carboxylic acids is 1. The Balaban J connectivity index is 1.86. The monoisotopic (exact) mass is 432 g/mol. The molecule has 0 radical (unpaired) electrons. The van der Waals surface area contributed by atoms with Crippen molar-refractivity contribution in [3.63, 3.8) is 0 Å². The molecule has 0 atom stereocenters. The van der Waals surface area contributed by atoms with Gasteiger partial charge in [-0.05, 0) is 12.8 Å². The number of alkyl halides is 2. The molecule has 1 aliphatic rings. The van der Waals surface area contributed by atoms with Gasteiger partial charge in [0, 0.05) is 50.6 Å². The molecule has 3 aromatic rings. The van der Waals surface area contributed by atoms with Crippen LogP contribution in [0.15, 0.2) is 18.3 Å². The summed E-state index contributed by atoms with van der Waals surface area (Å²) in [7, 11) is 1.51. The van der Waals surface area contributed by atoms with E-state index in [4.69, 9.17) is 9.47 Å². The third-order valence-corrected chi connectivity index (χ3v) is 4.73. The van der Waals surface area contributed by atoms with Crippen LogP contribution in [0.5, 0.6) is 5.88 Å². The highest BCUT2D eigenvalue weighted by Gasteiger charge is 2.32. The maximum absolute atomic E-state index is 14.1. The lowest BCUT2D eigenvalue weighted by molar-refractivity contribution is -0.114. The molecular weight excluding hydrogens is 410 g/mol. The normalized spacial score (nSPS) is 14.1. The smallest absolute Gasteiger partial charge is 0.287 e. The first-order valence-corrected chi connectivity index (χ1v) is 9.82. The minimum atomic E-state index is -3.21. The van der Waals surface area contributed by atoms with Gasteiger partial charge in [0.05, 0.1) is 17.8 Å². The molecule has 0 spiro atoms. The number of hydrogen-bond donors (Lipinski definition) is 1. The van der Waals surface area contributed by atoms with Crippen molar-refractivity contribution < 1.29 is 23.0 Å². The van der Waals surface area contributed by atoms with Crippen molar-refractivity contribution in [3.8, 4) is 11.8 Å². The van der Waals surface area contributed by atoms with Crippen LogP contribution in [-0.4, -0.2) is 51.0 Å². The Bertz CT molecular complexity index is 1120. The molecule has 1 saturated carbocycles. The number of nitrogens with zero attached hydrogens (tertiary/aromatic N) is 5. The molecule has 9 nitrogen and oxygen atoms in total. The van der Waals surface area contributed by atoms with E-state index in [1.807, 2.05) is 0 Å². The summed E-state index contributed by atoms with van der Waals surface area (Å²) in [6.07, 6.45) is 3.59. The molecule has 1 N–H and O–H groups in total. The summed E-state index contributed by atoms with van der Waals surface area (Å²) in [6.45, 7) is 2.55. The number of hydrogen-bond acceptors (Lipinski definition) is 7. The van der Waals surface area contributed by atoms with Crippen molar-refractivity contribution in [2.75, 3.05) is 25.6 Å². The molecule has 4 rings (SSSR count). The van der Waals surface area contributed by atoms with Gasteiger partial charge in [-0.2, -0.15) is 23.5 Å². The van der Waals surface area contributed by atoms with Gasteiger partial charge < -0.3 is 14.8 Å². The van der Waals surface area contributed by atoms with Crippen molar-refractivity contribution in [2.24, 2.45) is 0 Å². The van der Waals surface area contributed by atoms with Gasteiger partial charge in [0.25, 0.3) is 11.9 Å². The predicted molar refractivity (Wildman–Crippen MR) is 108 cm³/mol. The topological polar surface area (TPSA) is 104 Å². The van der Waals surface area contributed by atoms with Crippen LogP contribution in [0, 0.1) is 0 Å². The second-order valence-electron chi connectivity index (χ2n) is 7.46. The summed E-state index contributed by atoms with van der Waals surface area (Å²) in [5, 5.41) is 8.00. The summed E-state index contributed by atoms with van der Waals surface area (Å²) < 4.78 is 40.1. The largest absolute Gasteiger partial charge is 0.475 e. The fourth-order valence-electron chi connectivity index (χ4n) is 3.13. The van der Waals surface area contributed by atoms with Gasteiger partial charge in [0.2, 0.25) is 11.8 Å². The minimum Gasteiger partial charge on any atom is -0.475 e. The molecule has 164 valence electrons. The van der Waals surface area contributed by atoms with Gasteiger partial charge in [-0.15, -0.1) is 0 Å². The molecule has 3 aromatic heterocycles. The quantitative estimate of drug-likeness (QED) is 0.545. The lowest BCUT2D eigenvalue weighted by Gasteiger charge is -2.13. The number of pyridine rings is 1. The molecule has 1 amide bonds. The lowest BCUT2D eigenvalue weighted by Crippen LogP contribution is -2.16. The fourth-order valence-corrected chi connectivity index (χ4v) is 3.13. The minimum absolute atomic E-state index is 0.00802. The molecule has 11 heteroatoms. The van der Waals surface area contributed by atoms with E-state index in [0.29, 0.717) is 11.3 Å². The first-order chi connectivity index (χ1) is 14.8. The van der Waals surface area contributed by atoms with E-state index in [2.05, 4.69) is 25.4 Å². The number of carbonyl (C=O) groups is 1. The number of aromatic nitrogens is 5. The number of halogens is 2. The molecule has 0 unspecified atom stereocenters. The molecule has 0 saturated heterocycles. The molecule has 1 fully saturated rings. The zero-order chi connectivity index (χ0) is 22.2. The van der Waals surface area contributed by atoms with Crippen molar-refractivity contribution >= 4 is 22.6 Å². The predicted octanol–water partition coefficient (Wildman–Crippen LogP) is 3.18. The zero-order valence-electron chi connectivity index (χ0n) is 17.4. The van der Waals surface area contributed by atoms with Gasteiger partial charge in [-0.3, -0.25) is 4.79 Å². The second kappa shape index (κ2) is 8.14. The molecule has 0 aliphatic heterocycles. The second-order valence-corrected chi connectivity index (χ2v) is 7.46. The average Bonchev–Trinajstić information content (AvgIpc) is 3.47. The van der Waals surface area contributed by atoms with E-state index in [-0.39, 0.29) is 36.9 Å². The number of anilines is 1. The summed E-state index contributed by atoms with van der Waals surface area (Å²) >= 11 is 0. The van der Waals surface area contributed by atoms with E-state index < -0.39 is 11.6 Å². The SMILES string of the molecule is COCCOc1cc(C(C)(F)F)nc(-n2nc(C3CC3)c3cnc(NC(C)=O)cc32)n1. The number of ether oxygens (including phenoxy) is 2. The van der Waals surface area contributed by atoms with Crippen molar-refractivity contribution in [2.45, 2.75) is 38.5 Å². The van der Waals surface area contributed by atoms with Crippen LogP contribution in [0.3, 0.4) is 0 Å². The Hall–Kier alpha value is -3.21. The number of methoxy groups -OCH3 is 1. The summed E-state index contributed by atoms with van der Waals surface area (Å²) in [5.74, 6) is -2.96. The highest BCUT2D eigenvalue weighted by Crippen LogP contribution is 2.43. The first kappa shape index (κ1) is 21.0. The molecule has 3 heterocycles. The zero-order valence-corrected chi connectivity index (χ0v) is 17.4. The number of amides is 1. The van der Waals surface area contributed by atoms with Crippen molar-refractivity contribution in [1.29, 1.82) is 0 Å². The maximum Gasteiger partial charge on any atom is 0.287 e. The van der Waals surface area contributed by atoms with E-state index in [1.165, 1.54) is 18.7 Å². The summed E-state index contributed by atoms with van der Waals surface area (Å²) in [5.41, 5.74) is 0.869. The fraction of sp³-hybridized carbons (Fsp3) is 0.450. The number of nitrogens with one attached hydrogen (secondary N) is 1. The summed E-state index contributed by atoms with van der Waals surface area (Å²) in [4.78, 5) is 24.1. The van der Waals surface area contributed by atoms with Crippen LogP contribution >= 0.6 is 0 Å².